The lowest BCUT2D eigenvalue weighted by Crippen LogP contribution is -2.30. The van der Waals surface area contributed by atoms with Crippen molar-refractivity contribution in [2.75, 3.05) is 31.3 Å². The Morgan fingerprint density at radius 3 is 2.65 bits per heavy atom. The molecule has 23 heavy (non-hydrogen) atoms. The van der Waals surface area contributed by atoms with Crippen LogP contribution in [0.2, 0.25) is 5.02 Å². The molecule has 0 spiro atoms. The van der Waals surface area contributed by atoms with Crippen LogP contribution >= 0.6 is 11.6 Å². The highest BCUT2D eigenvalue weighted by molar-refractivity contribution is 7.90. The first-order valence-electron chi connectivity index (χ1n) is 7.32. The summed E-state index contributed by atoms with van der Waals surface area (Å²) in [5.74, 6) is 0.482. The number of ether oxygens (including phenoxy) is 1. The number of hydrogen-bond donors (Lipinski definition) is 2. The predicted octanol–water partition coefficient (Wildman–Crippen LogP) is 2.93. The summed E-state index contributed by atoms with van der Waals surface area (Å²) in [6.07, 6.45) is 1.79. The van der Waals surface area contributed by atoms with Gasteiger partial charge in [-0.2, -0.15) is 0 Å². The van der Waals surface area contributed by atoms with Gasteiger partial charge in [0, 0.05) is 26.0 Å². The molecule has 130 valence electrons. The van der Waals surface area contributed by atoms with Gasteiger partial charge in [0.05, 0.1) is 15.6 Å². The maximum atomic E-state index is 11.8. The van der Waals surface area contributed by atoms with Crippen LogP contribution in [0.25, 0.3) is 0 Å². The summed E-state index contributed by atoms with van der Waals surface area (Å²) in [6, 6.07) is 3.73. The average molecular weight is 363 g/mol. The van der Waals surface area contributed by atoms with E-state index in [-0.39, 0.29) is 15.6 Å². The number of amides is 2. The van der Waals surface area contributed by atoms with Gasteiger partial charge in [-0.1, -0.05) is 25.4 Å². The van der Waals surface area contributed by atoms with Crippen molar-refractivity contribution in [2.45, 2.75) is 25.2 Å². The van der Waals surface area contributed by atoms with Gasteiger partial charge in [0.1, 0.15) is 0 Å². The molecule has 1 aromatic carbocycles. The molecular formula is C15H23ClN2O4S. The summed E-state index contributed by atoms with van der Waals surface area (Å²) in [5, 5.41) is 5.48. The maximum Gasteiger partial charge on any atom is 0.319 e. The minimum atomic E-state index is -3.36. The van der Waals surface area contributed by atoms with Crippen molar-refractivity contribution in [2.24, 2.45) is 5.92 Å². The zero-order valence-corrected chi connectivity index (χ0v) is 15.1. The van der Waals surface area contributed by atoms with Crippen LogP contribution in [0.15, 0.2) is 23.1 Å². The van der Waals surface area contributed by atoms with E-state index in [0.717, 1.165) is 6.26 Å². The molecule has 8 heteroatoms. The van der Waals surface area contributed by atoms with E-state index >= 15 is 0 Å². The first-order chi connectivity index (χ1) is 10.7. The SMILES string of the molecule is CC(C)COCCCNC(=O)Nc1cc(S(C)(=O)=O)ccc1Cl. The first-order valence-corrected chi connectivity index (χ1v) is 9.59. The Labute approximate surface area is 142 Å². The third kappa shape index (κ3) is 7.67. The van der Waals surface area contributed by atoms with Gasteiger partial charge in [-0.3, -0.25) is 0 Å². The van der Waals surface area contributed by atoms with E-state index in [0.29, 0.717) is 32.1 Å². The molecule has 1 aromatic rings. The molecule has 1 rings (SSSR count). The van der Waals surface area contributed by atoms with Crippen molar-refractivity contribution in [1.29, 1.82) is 0 Å². The van der Waals surface area contributed by atoms with Gasteiger partial charge in [-0.05, 0) is 30.5 Å². The molecule has 0 bridgehead atoms. The van der Waals surface area contributed by atoms with E-state index in [1.807, 2.05) is 0 Å². The molecule has 6 nitrogen and oxygen atoms in total. The number of carbonyl (C=O) groups is 1. The van der Waals surface area contributed by atoms with E-state index in [1.165, 1.54) is 18.2 Å². The van der Waals surface area contributed by atoms with Gasteiger partial charge >= 0.3 is 6.03 Å². The lowest BCUT2D eigenvalue weighted by atomic mass is 10.2. The van der Waals surface area contributed by atoms with Crippen LogP contribution < -0.4 is 10.6 Å². The first kappa shape index (κ1) is 19.7. The standard InChI is InChI=1S/C15H23ClN2O4S/c1-11(2)10-22-8-4-7-17-15(19)18-14-9-12(23(3,20)21)5-6-13(14)16/h5-6,9,11H,4,7-8,10H2,1-3H3,(H2,17,18,19). The van der Waals surface area contributed by atoms with Crippen LogP contribution in [0.1, 0.15) is 20.3 Å². The number of benzene rings is 1. The van der Waals surface area contributed by atoms with Crippen molar-refractivity contribution < 1.29 is 17.9 Å². The molecule has 0 aliphatic rings. The molecule has 2 amide bonds. The summed E-state index contributed by atoms with van der Waals surface area (Å²) in [6.45, 7) is 5.86. The molecule has 0 saturated carbocycles. The van der Waals surface area contributed by atoms with Crippen LogP contribution in [-0.2, 0) is 14.6 Å². The fourth-order valence-electron chi connectivity index (χ4n) is 1.69. The van der Waals surface area contributed by atoms with Crippen molar-refractivity contribution in [3.05, 3.63) is 23.2 Å². The number of nitrogens with one attached hydrogen (secondary N) is 2. The zero-order valence-electron chi connectivity index (χ0n) is 13.6. The van der Waals surface area contributed by atoms with Crippen LogP contribution in [0.3, 0.4) is 0 Å². The van der Waals surface area contributed by atoms with E-state index in [1.54, 1.807) is 0 Å². The van der Waals surface area contributed by atoms with Gasteiger partial charge in [0.25, 0.3) is 0 Å². The number of hydrogen-bond acceptors (Lipinski definition) is 4. The number of carbonyl (C=O) groups excluding carboxylic acids is 1. The van der Waals surface area contributed by atoms with Gasteiger partial charge in [-0.15, -0.1) is 0 Å². The molecule has 0 unspecified atom stereocenters. The van der Waals surface area contributed by atoms with E-state index in [2.05, 4.69) is 24.5 Å². The third-order valence-corrected chi connectivity index (χ3v) is 4.26. The van der Waals surface area contributed by atoms with Crippen LogP contribution in [0.5, 0.6) is 0 Å². The minimum Gasteiger partial charge on any atom is -0.381 e. The highest BCUT2D eigenvalue weighted by atomic mass is 35.5. The van der Waals surface area contributed by atoms with Crippen LogP contribution in [0.4, 0.5) is 10.5 Å². The number of rotatable bonds is 8. The van der Waals surface area contributed by atoms with Crippen molar-refractivity contribution in [1.82, 2.24) is 5.32 Å². The van der Waals surface area contributed by atoms with E-state index in [9.17, 15) is 13.2 Å². The fourth-order valence-corrected chi connectivity index (χ4v) is 2.50. The molecule has 0 aromatic heterocycles. The van der Waals surface area contributed by atoms with Crippen LogP contribution in [-0.4, -0.2) is 40.5 Å². The van der Waals surface area contributed by atoms with Gasteiger partial charge in [0.15, 0.2) is 9.84 Å². The third-order valence-electron chi connectivity index (χ3n) is 2.82. The second-order valence-corrected chi connectivity index (χ2v) is 8.04. The molecule has 0 radical (unpaired) electrons. The summed E-state index contributed by atoms with van der Waals surface area (Å²) < 4.78 is 28.4. The highest BCUT2D eigenvalue weighted by Crippen LogP contribution is 2.25. The van der Waals surface area contributed by atoms with Gasteiger partial charge in [0.2, 0.25) is 0 Å². The Kier molecular flexibility index (Phi) is 7.81. The monoisotopic (exact) mass is 362 g/mol. The Bertz CT molecular complexity index is 632. The number of sulfone groups is 1. The van der Waals surface area contributed by atoms with Crippen molar-refractivity contribution in [3.63, 3.8) is 0 Å². The predicted molar refractivity (Wildman–Crippen MR) is 91.9 cm³/mol. The Morgan fingerprint density at radius 1 is 1.35 bits per heavy atom. The average Bonchev–Trinajstić information content (AvgIpc) is 2.43. The number of halogens is 1. The molecular weight excluding hydrogens is 340 g/mol. The largest absolute Gasteiger partial charge is 0.381 e. The molecule has 0 saturated heterocycles. The quantitative estimate of drug-likeness (QED) is 0.696. The van der Waals surface area contributed by atoms with Gasteiger partial charge < -0.3 is 15.4 Å². The Balaban J connectivity index is 2.45. The number of urea groups is 1. The minimum absolute atomic E-state index is 0.0966. The number of anilines is 1. The van der Waals surface area contributed by atoms with Crippen molar-refractivity contribution in [3.8, 4) is 0 Å². The normalized spacial score (nSPS) is 11.5. The van der Waals surface area contributed by atoms with E-state index < -0.39 is 15.9 Å². The summed E-state index contributed by atoms with van der Waals surface area (Å²) in [5.41, 5.74) is 0.253. The summed E-state index contributed by atoms with van der Waals surface area (Å²) in [4.78, 5) is 11.9. The smallest absolute Gasteiger partial charge is 0.319 e. The molecule has 0 aliphatic heterocycles. The molecule has 0 fully saturated rings. The second-order valence-electron chi connectivity index (χ2n) is 5.62. The van der Waals surface area contributed by atoms with E-state index in [4.69, 9.17) is 16.3 Å². The molecule has 0 atom stereocenters. The maximum absolute atomic E-state index is 11.8. The lowest BCUT2D eigenvalue weighted by Gasteiger charge is -2.11. The summed E-state index contributed by atoms with van der Waals surface area (Å²) >= 11 is 5.97. The molecule has 0 aliphatic carbocycles. The summed E-state index contributed by atoms with van der Waals surface area (Å²) in [7, 11) is -3.36. The second kappa shape index (κ2) is 9.10. The Morgan fingerprint density at radius 2 is 2.04 bits per heavy atom. The van der Waals surface area contributed by atoms with Crippen molar-refractivity contribution >= 4 is 33.2 Å². The van der Waals surface area contributed by atoms with Gasteiger partial charge in [-0.25, -0.2) is 13.2 Å². The molecule has 0 heterocycles. The van der Waals surface area contributed by atoms with Crippen LogP contribution in [0, 0.1) is 5.92 Å². The Hall–Kier alpha value is -1.31. The fraction of sp³-hybridized carbons (Fsp3) is 0.533. The molecule has 2 N–H and O–H groups in total. The lowest BCUT2D eigenvalue weighted by molar-refractivity contribution is 0.108. The topological polar surface area (TPSA) is 84.5 Å². The zero-order chi connectivity index (χ0) is 17.5. The highest BCUT2D eigenvalue weighted by Gasteiger charge is 2.12.